The molecule has 0 radical (unpaired) electrons. The first kappa shape index (κ1) is 21.7. The summed E-state index contributed by atoms with van der Waals surface area (Å²) in [5.74, 6) is -0.275. The summed E-state index contributed by atoms with van der Waals surface area (Å²) in [7, 11) is -3.61. The molecule has 10 heteroatoms. The number of fused-ring (bicyclic) bond motifs is 1. The van der Waals surface area contributed by atoms with Gasteiger partial charge in [0.05, 0.1) is 10.3 Å². The summed E-state index contributed by atoms with van der Waals surface area (Å²) in [5.41, 5.74) is 4.08. The molecule has 0 spiro atoms. The second-order valence-corrected chi connectivity index (χ2v) is 10.7. The zero-order valence-corrected chi connectivity index (χ0v) is 19.2. The molecule has 0 unspecified atom stereocenters. The molecule has 1 aromatic carbocycles. The van der Waals surface area contributed by atoms with E-state index in [-0.39, 0.29) is 30.5 Å². The fourth-order valence-electron chi connectivity index (χ4n) is 3.93. The number of aromatic nitrogens is 2. The Balaban J connectivity index is 1.46. The van der Waals surface area contributed by atoms with Gasteiger partial charge in [-0.25, -0.2) is 18.1 Å². The van der Waals surface area contributed by atoms with Gasteiger partial charge in [-0.15, -0.1) is 11.3 Å². The van der Waals surface area contributed by atoms with Gasteiger partial charge in [-0.2, -0.15) is 4.31 Å². The summed E-state index contributed by atoms with van der Waals surface area (Å²) in [6.45, 7) is 5.89. The molecule has 8 nitrogen and oxygen atoms in total. The van der Waals surface area contributed by atoms with Gasteiger partial charge in [0.1, 0.15) is 10.7 Å². The second kappa shape index (κ2) is 8.18. The lowest BCUT2D eigenvalue weighted by atomic mass is 9.98. The number of hydrogen-bond acceptors (Lipinski definition) is 6. The molecule has 1 fully saturated rings. The Bertz CT molecular complexity index is 1320. The molecule has 1 aliphatic rings. The summed E-state index contributed by atoms with van der Waals surface area (Å²) in [5, 5.41) is 2.25. The summed E-state index contributed by atoms with van der Waals surface area (Å²) in [6, 6.07) is 6.97. The van der Waals surface area contributed by atoms with E-state index in [1.165, 1.54) is 20.3 Å². The van der Waals surface area contributed by atoms with Crippen LogP contribution >= 0.6 is 11.3 Å². The van der Waals surface area contributed by atoms with E-state index in [1.807, 2.05) is 13.0 Å². The number of thiophene rings is 1. The number of nitrogens with one attached hydrogen (secondary N) is 1. The molecule has 3 aromatic rings. The van der Waals surface area contributed by atoms with Crippen molar-refractivity contribution in [2.24, 2.45) is 5.92 Å². The van der Waals surface area contributed by atoms with Crippen LogP contribution in [0.25, 0.3) is 10.2 Å². The molecule has 0 atom stereocenters. The number of amides is 1. The van der Waals surface area contributed by atoms with Crippen LogP contribution < -0.4 is 11.0 Å². The third-order valence-electron chi connectivity index (χ3n) is 5.66. The number of carbonyl (C=O) groups excluding carboxylic acids is 1. The molecule has 1 aliphatic heterocycles. The van der Waals surface area contributed by atoms with Crippen molar-refractivity contribution >= 4 is 37.5 Å². The van der Waals surface area contributed by atoms with Crippen LogP contribution in [0.15, 0.2) is 39.3 Å². The molecule has 2 aromatic heterocycles. The van der Waals surface area contributed by atoms with Gasteiger partial charge in [-0.05, 0) is 56.7 Å². The van der Waals surface area contributed by atoms with Gasteiger partial charge in [-0.3, -0.25) is 15.0 Å². The topological polar surface area (TPSA) is 101 Å². The highest BCUT2D eigenvalue weighted by molar-refractivity contribution is 7.89. The highest BCUT2D eigenvalue weighted by Gasteiger charge is 2.33. The maximum Gasteiger partial charge on any atom is 0.281 e. The van der Waals surface area contributed by atoms with Gasteiger partial charge in [0.25, 0.3) is 5.56 Å². The predicted molar refractivity (Wildman–Crippen MR) is 120 cm³/mol. The van der Waals surface area contributed by atoms with Crippen molar-refractivity contribution in [1.29, 1.82) is 0 Å². The van der Waals surface area contributed by atoms with E-state index < -0.39 is 10.0 Å². The Kier molecular flexibility index (Phi) is 5.71. The molecule has 0 aliphatic carbocycles. The molecule has 4 rings (SSSR count). The van der Waals surface area contributed by atoms with E-state index in [4.69, 9.17) is 0 Å². The Morgan fingerprint density at radius 3 is 2.55 bits per heavy atom. The number of rotatable bonds is 4. The standard InChI is InChI=1S/C21H24N4O4S2/c1-13-4-5-18(14(2)12-13)31(28,29)24-9-6-16(7-10-24)19(26)23-25-15(3)22-20-17(21(25)27)8-11-30-20/h4-5,8,11-12,16H,6-7,9-10H2,1-3H3,(H,23,26). The number of benzene rings is 1. The summed E-state index contributed by atoms with van der Waals surface area (Å²) in [4.78, 5) is 30.8. The van der Waals surface area contributed by atoms with Crippen LogP contribution in [-0.4, -0.2) is 41.4 Å². The smallest absolute Gasteiger partial charge is 0.273 e. The van der Waals surface area contributed by atoms with Crippen molar-refractivity contribution in [2.45, 2.75) is 38.5 Å². The van der Waals surface area contributed by atoms with E-state index in [1.54, 1.807) is 37.4 Å². The Labute approximate surface area is 184 Å². The maximum atomic E-state index is 13.0. The Morgan fingerprint density at radius 1 is 1.16 bits per heavy atom. The minimum absolute atomic E-state index is 0.253. The van der Waals surface area contributed by atoms with Crippen LogP contribution in [0.4, 0.5) is 0 Å². The van der Waals surface area contributed by atoms with Crippen molar-refractivity contribution in [3.05, 3.63) is 57.0 Å². The first-order valence-corrected chi connectivity index (χ1v) is 12.4. The molecule has 3 heterocycles. The molecule has 0 bridgehead atoms. The summed E-state index contributed by atoms with van der Waals surface area (Å²) < 4.78 is 28.7. The van der Waals surface area contributed by atoms with Gasteiger partial charge in [0.2, 0.25) is 15.9 Å². The SMILES string of the molecule is Cc1ccc(S(=O)(=O)N2CCC(C(=O)Nn3c(C)nc4sccc4c3=O)CC2)c(C)c1. The maximum absolute atomic E-state index is 13.0. The molecular weight excluding hydrogens is 436 g/mol. The molecular formula is C21H24N4O4S2. The average molecular weight is 461 g/mol. The van der Waals surface area contributed by atoms with Crippen molar-refractivity contribution in [3.8, 4) is 0 Å². The monoisotopic (exact) mass is 460 g/mol. The van der Waals surface area contributed by atoms with Crippen LogP contribution in [0.3, 0.4) is 0 Å². The summed E-state index contributed by atoms with van der Waals surface area (Å²) >= 11 is 1.37. The number of nitrogens with zero attached hydrogens (tertiary/aromatic N) is 3. The number of carbonyl (C=O) groups is 1. The number of aryl methyl sites for hydroxylation is 3. The first-order valence-electron chi connectivity index (χ1n) is 10.0. The normalized spacial score (nSPS) is 16.0. The Morgan fingerprint density at radius 2 is 1.87 bits per heavy atom. The quantitative estimate of drug-likeness (QED) is 0.645. The van der Waals surface area contributed by atoms with Crippen molar-refractivity contribution in [3.63, 3.8) is 0 Å². The van der Waals surface area contributed by atoms with Crippen LogP contribution in [0.5, 0.6) is 0 Å². The number of hydrogen-bond donors (Lipinski definition) is 1. The van der Waals surface area contributed by atoms with Gasteiger partial charge >= 0.3 is 0 Å². The third-order valence-corrected chi connectivity index (χ3v) is 8.53. The van der Waals surface area contributed by atoms with E-state index >= 15 is 0 Å². The molecule has 1 N–H and O–H groups in total. The van der Waals surface area contributed by atoms with Crippen molar-refractivity contribution in [1.82, 2.24) is 14.0 Å². The minimum Gasteiger partial charge on any atom is -0.273 e. The first-order chi connectivity index (χ1) is 14.7. The second-order valence-electron chi connectivity index (χ2n) is 7.86. The highest BCUT2D eigenvalue weighted by atomic mass is 32.2. The fraction of sp³-hybridized carbons (Fsp3) is 0.381. The molecule has 31 heavy (non-hydrogen) atoms. The zero-order chi connectivity index (χ0) is 22.3. The van der Waals surface area contributed by atoms with E-state index in [0.29, 0.717) is 39.3 Å². The number of piperidine rings is 1. The van der Waals surface area contributed by atoms with Gasteiger partial charge in [-0.1, -0.05) is 17.7 Å². The average Bonchev–Trinajstić information content (AvgIpc) is 3.19. The van der Waals surface area contributed by atoms with Crippen LogP contribution in [0.2, 0.25) is 0 Å². The Hall–Kier alpha value is -2.56. The lowest BCUT2D eigenvalue weighted by Gasteiger charge is -2.31. The number of sulfonamides is 1. The summed E-state index contributed by atoms with van der Waals surface area (Å²) in [6.07, 6.45) is 0.774. The van der Waals surface area contributed by atoms with Crippen LogP contribution in [0, 0.1) is 26.7 Å². The van der Waals surface area contributed by atoms with Crippen LogP contribution in [0.1, 0.15) is 29.8 Å². The largest absolute Gasteiger partial charge is 0.281 e. The van der Waals surface area contributed by atoms with Crippen molar-refractivity contribution < 1.29 is 13.2 Å². The van der Waals surface area contributed by atoms with Gasteiger partial charge < -0.3 is 0 Å². The van der Waals surface area contributed by atoms with E-state index in [0.717, 1.165) is 5.56 Å². The predicted octanol–water partition coefficient (Wildman–Crippen LogP) is 2.55. The molecule has 0 saturated carbocycles. The lowest BCUT2D eigenvalue weighted by Crippen LogP contribution is -2.44. The molecule has 164 valence electrons. The zero-order valence-electron chi connectivity index (χ0n) is 17.6. The van der Waals surface area contributed by atoms with Crippen LogP contribution in [-0.2, 0) is 14.8 Å². The minimum atomic E-state index is -3.61. The molecule has 1 amide bonds. The van der Waals surface area contributed by atoms with Crippen molar-refractivity contribution in [2.75, 3.05) is 18.5 Å². The van der Waals surface area contributed by atoms with E-state index in [9.17, 15) is 18.0 Å². The van der Waals surface area contributed by atoms with Gasteiger partial charge in [0, 0.05) is 19.0 Å². The fourth-order valence-corrected chi connectivity index (χ4v) is 6.41. The lowest BCUT2D eigenvalue weighted by molar-refractivity contribution is -0.121. The molecule has 1 saturated heterocycles. The van der Waals surface area contributed by atoms with E-state index in [2.05, 4.69) is 10.4 Å². The third kappa shape index (κ3) is 4.02. The highest BCUT2D eigenvalue weighted by Crippen LogP contribution is 2.26. The van der Waals surface area contributed by atoms with Gasteiger partial charge in [0.15, 0.2) is 0 Å².